The molecular weight excluding hydrogens is 438 g/mol. The number of rotatable bonds is 4. The molecule has 33 heavy (non-hydrogen) atoms. The molecule has 164 valence electrons. The predicted octanol–water partition coefficient (Wildman–Crippen LogP) is 4.61. The van der Waals surface area contributed by atoms with Crippen molar-refractivity contribution in [2.45, 2.75) is 6.92 Å². The summed E-state index contributed by atoms with van der Waals surface area (Å²) in [7, 11) is 1.62. The Balaban J connectivity index is 1.31. The second-order valence-corrected chi connectivity index (χ2v) is 7.76. The average molecular weight is 458 g/mol. The fourth-order valence-corrected chi connectivity index (χ4v) is 3.75. The van der Waals surface area contributed by atoms with E-state index < -0.39 is 5.91 Å². The summed E-state index contributed by atoms with van der Waals surface area (Å²) < 4.78 is 10.9. The summed E-state index contributed by atoms with van der Waals surface area (Å²) in [6, 6.07) is 20.4. The number of methoxy groups -OCH3 is 1. The number of hydrogen-bond acceptors (Lipinski definition) is 6. The van der Waals surface area contributed by atoms with Gasteiger partial charge in [-0.3, -0.25) is 10.1 Å². The van der Waals surface area contributed by atoms with Gasteiger partial charge in [-0.2, -0.15) is 4.80 Å². The topological polar surface area (TPSA) is 94.2 Å². The number of thiocarbonyl (C=S) groups is 1. The van der Waals surface area contributed by atoms with Gasteiger partial charge in [0.2, 0.25) is 0 Å². The molecule has 2 aromatic heterocycles. The molecule has 0 aliphatic carbocycles. The number of carbonyl (C=O) groups excluding carboxylic acids is 1. The van der Waals surface area contributed by atoms with Crippen LogP contribution in [-0.4, -0.2) is 33.1 Å². The molecule has 2 heterocycles. The second kappa shape index (κ2) is 8.36. The molecule has 5 rings (SSSR count). The normalized spacial score (nSPS) is 11.0. The number of carbonyl (C=O) groups is 1. The summed E-state index contributed by atoms with van der Waals surface area (Å²) in [5, 5.41) is 15.8. The third-order valence-electron chi connectivity index (χ3n) is 5.22. The SMILES string of the molecule is COc1ccc(-n2nc3ccc(NC(=S)NC(=O)c4oc5ccccc5c4C)cc3n2)cc1. The number of aromatic nitrogens is 3. The Morgan fingerprint density at radius 3 is 2.55 bits per heavy atom. The standard InChI is InChI=1S/C24H19N5O3S/c1-14-18-5-3-4-6-21(18)32-22(14)23(30)26-24(33)25-15-7-12-19-20(13-15)28-29(27-19)16-8-10-17(31-2)11-9-16/h3-13H,1-2H3,(H2,25,26,30,33). The number of amides is 1. The van der Waals surface area contributed by atoms with Crippen LogP contribution in [0.5, 0.6) is 5.75 Å². The number of nitrogens with zero attached hydrogens (tertiary/aromatic N) is 3. The van der Waals surface area contributed by atoms with Crippen molar-refractivity contribution in [1.82, 2.24) is 20.3 Å². The van der Waals surface area contributed by atoms with Gasteiger partial charge in [-0.25, -0.2) is 0 Å². The van der Waals surface area contributed by atoms with Crippen LogP contribution in [0.1, 0.15) is 16.1 Å². The van der Waals surface area contributed by atoms with E-state index in [1.165, 1.54) is 0 Å². The molecule has 3 aromatic carbocycles. The van der Waals surface area contributed by atoms with E-state index in [0.717, 1.165) is 27.9 Å². The quantitative estimate of drug-likeness (QED) is 0.381. The zero-order valence-corrected chi connectivity index (χ0v) is 18.6. The van der Waals surface area contributed by atoms with Gasteiger partial charge in [0.05, 0.1) is 12.8 Å². The van der Waals surface area contributed by atoms with E-state index >= 15 is 0 Å². The molecule has 0 saturated heterocycles. The highest BCUT2D eigenvalue weighted by molar-refractivity contribution is 7.80. The van der Waals surface area contributed by atoms with E-state index in [9.17, 15) is 4.79 Å². The van der Waals surface area contributed by atoms with Crippen LogP contribution in [-0.2, 0) is 0 Å². The Morgan fingerprint density at radius 1 is 1.03 bits per heavy atom. The Morgan fingerprint density at radius 2 is 1.79 bits per heavy atom. The maximum atomic E-state index is 12.7. The van der Waals surface area contributed by atoms with E-state index in [0.29, 0.717) is 16.8 Å². The van der Waals surface area contributed by atoms with E-state index in [1.54, 1.807) is 11.9 Å². The van der Waals surface area contributed by atoms with Gasteiger partial charge in [0, 0.05) is 16.6 Å². The van der Waals surface area contributed by atoms with Crippen LogP contribution < -0.4 is 15.4 Å². The van der Waals surface area contributed by atoms with Crippen LogP contribution >= 0.6 is 12.2 Å². The van der Waals surface area contributed by atoms with E-state index in [2.05, 4.69) is 20.8 Å². The fourth-order valence-electron chi connectivity index (χ4n) is 3.54. The molecule has 2 N–H and O–H groups in total. The minimum atomic E-state index is -0.410. The second-order valence-electron chi connectivity index (χ2n) is 7.35. The summed E-state index contributed by atoms with van der Waals surface area (Å²) in [4.78, 5) is 14.2. The summed E-state index contributed by atoms with van der Waals surface area (Å²) >= 11 is 5.33. The minimum Gasteiger partial charge on any atom is -0.497 e. The van der Waals surface area contributed by atoms with Crippen molar-refractivity contribution in [2.24, 2.45) is 0 Å². The number of fused-ring (bicyclic) bond motifs is 2. The molecule has 0 unspecified atom stereocenters. The first-order valence-electron chi connectivity index (χ1n) is 10.1. The number of nitrogens with one attached hydrogen (secondary N) is 2. The first-order chi connectivity index (χ1) is 16.0. The molecule has 0 radical (unpaired) electrons. The lowest BCUT2D eigenvalue weighted by atomic mass is 10.1. The lowest BCUT2D eigenvalue weighted by Crippen LogP contribution is -2.34. The van der Waals surface area contributed by atoms with Crippen molar-refractivity contribution < 1.29 is 13.9 Å². The maximum absolute atomic E-state index is 12.7. The van der Waals surface area contributed by atoms with Crippen molar-refractivity contribution in [1.29, 1.82) is 0 Å². The highest BCUT2D eigenvalue weighted by Gasteiger charge is 2.18. The summed E-state index contributed by atoms with van der Waals surface area (Å²) in [6.45, 7) is 1.84. The van der Waals surface area contributed by atoms with Gasteiger partial charge in [-0.15, -0.1) is 10.2 Å². The number of aryl methyl sites for hydroxylation is 1. The number of benzene rings is 3. The molecule has 0 atom stereocenters. The summed E-state index contributed by atoms with van der Waals surface area (Å²) in [5.41, 5.74) is 4.32. The molecule has 0 bridgehead atoms. The monoisotopic (exact) mass is 457 g/mol. The smallest absolute Gasteiger partial charge is 0.293 e. The van der Waals surface area contributed by atoms with Gasteiger partial charge in [0.25, 0.3) is 5.91 Å². The highest BCUT2D eigenvalue weighted by Crippen LogP contribution is 2.25. The molecular formula is C24H19N5O3S. The van der Waals surface area contributed by atoms with Gasteiger partial charge in [0.1, 0.15) is 22.4 Å². The molecule has 0 aliphatic rings. The predicted molar refractivity (Wildman–Crippen MR) is 130 cm³/mol. The third-order valence-corrected chi connectivity index (χ3v) is 5.42. The Labute approximate surface area is 194 Å². The van der Waals surface area contributed by atoms with E-state index in [4.69, 9.17) is 21.4 Å². The van der Waals surface area contributed by atoms with Crippen molar-refractivity contribution >= 4 is 50.9 Å². The molecule has 1 amide bonds. The van der Waals surface area contributed by atoms with Crippen molar-refractivity contribution in [3.63, 3.8) is 0 Å². The van der Waals surface area contributed by atoms with Crippen LogP contribution in [0.15, 0.2) is 71.1 Å². The number of hydrogen-bond donors (Lipinski definition) is 2. The maximum Gasteiger partial charge on any atom is 0.293 e. The van der Waals surface area contributed by atoms with Crippen molar-refractivity contribution in [3.05, 3.63) is 78.1 Å². The van der Waals surface area contributed by atoms with E-state index in [1.807, 2.05) is 73.7 Å². The molecule has 0 spiro atoms. The van der Waals surface area contributed by atoms with Crippen molar-refractivity contribution in [3.8, 4) is 11.4 Å². The fraction of sp³-hybridized carbons (Fsp3) is 0.0833. The van der Waals surface area contributed by atoms with Crippen molar-refractivity contribution in [2.75, 3.05) is 12.4 Å². The number of para-hydroxylation sites is 1. The summed E-state index contributed by atoms with van der Waals surface area (Å²) in [6.07, 6.45) is 0. The van der Waals surface area contributed by atoms with Gasteiger partial charge >= 0.3 is 0 Å². The molecule has 9 heteroatoms. The molecule has 5 aromatic rings. The molecule has 0 fully saturated rings. The van der Waals surface area contributed by atoms with Crippen LogP contribution in [0.3, 0.4) is 0 Å². The first kappa shape index (κ1) is 20.7. The van der Waals surface area contributed by atoms with Gasteiger partial charge in [-0.1, -0.05) is 18.2 Å². The molecule has 0 aliphatic heterocycles. The lowest BCUT2D eigenvalue weighted by molar-refractivity contribution is 0.0952. The minimum absolute atomic E-state index is 0.154. The lowest BCUT2D eigenvalue weighted by Gasteiger charge is -2.08. The number of ether oxygens (including phenoxy) is 1. The number of furan rings is 1. The van der Waals surface area contributed by atoms with Gasteiger partial charge < -0.3 is 14.5 Å². The summed E-state index contributed by atoms with van der Waals surface area (Å²) in [5.74, 6) is 0.585. The zero-order chi connectivity index (χ0) is 22.9. The Kier molecular flexibility index (Phi) is 5.23. The van der Waals surface area contributed by atoms with Crippen LogP contribution in [0.25, 0.3) is 27.7 Å². The van der Waals surface area contributed by atoms with Crippen LogP contribution in [0.2, 0.25) is 0 Å². The largest absolute Gasteiger partial charge is 0.497 e. The van der Waals surface area contributed by atoms with Crippen LogP contribution in [0, 0.1) is 6.92 Å². The van der Waals surface area contributed by atoms with Crippen LogP contribution in [0.4, 0.5) is 5.69 Å². The van der Waals surface area contributed by atoms with Gasteiger partial charge in [-0.05, 0) is 67.7 Å². The van der Waals surface area contributed by atoms with Gasteiger partial charge in [0.15, 0.2) is 10.9 Å². The van der Waals surface area contributed by atoms with E-state index in [-0.39, 0.29) is 10.9 Å². The highest BCUT2D eigenvalue weighted by atomic mass is 32.1. The molecule has 0 saturated carbocycles. The third kappa shape index (κ3) is 4.01. The Hall–Kier alpha value is -4.24. The number of anilines is 1. The molecule has 8 nitrogen and oxygen atoms in total. The Bertz CT molecular complexity index is 1500. The zero-order valence-electron chi connectivity index (χ0n) is 17.8. The first-order valence-corrected chi connectivity index (χ1v) is 10.5. The average Bonchev–Trinajstić information content (AvgIpc) is 3.40.